The molecular weight excluding hydrogens is 508 g/mol. The summed E-state index contributed by atoms with van der Waals surface area (Å²) in [6, 6.07) is 0. The van der Waals surface area contributed by atoms with Crippen LogP contribution in [-0.2, 0) is 4.74 Å². The molecule has 0 spiro atoms. The highest BCUT2D eigenvalue weighted by molar-refractivity contribution is 4.68. The molecule has 1 heterocycles. The molecule has 0 aromatic rings. The third kappa shape index (κ3) is 34.5. The van der Waals surface area contributed by atoms with Gasteiger partial charge in [-0.25, -0.2) is 0 Å². The van der Waals surface area contributed by atoms with E-state index in [-0.39, 0.29) is 0 Å². The molecule has 1 unspecified atom stereocenters. The summed E-state index contributed by atoms with van der Waals surface area (Å²) in [5.74, 6) is 0. The summed E-state index contributed by atoms with van der Waals surface area (Å²) < 4.78 is 5.28. The van der Waals surface area contributed by atoms with Crippen LogP contribution in [0.5, 0.6) is 0 Å². The molecule has 1 nitrogen and oxygen atoms in total. The van der Waals surface area contributed by atoms with Crippen LogP contribution in [-0.4, -0.2) is 12.7 Å². The summed E-state index contributed by atoms with van der Waals surface area (Å²) >= 11 is 0. The standard InChI is InChI=1S/C41H82O/c1-2-3-4-5-6-7-8-9-10-11-12-13-14-15-16-17-18-19-20-21-22-23-24-25-26-27-28-29-30-31-32-33-34-35-36-37-38-39-41-40-42-41/h41H,2-40H2,1H3. The Kier molecular flexibility index (Phi) is 33.7. The molecule has 1 rings (SSSR count). The van der Waals surface area contributed by atoms with Crippen LogP contribution >= 0.6 is 0 Å². The highest BCUT2D eigenvalue weighted by Gasteiger charge is 2.20. The van der Waals surface area contributed by atoms with Gasteiger partial charge in [-0.2, -0.15) is 0 Å². The molecule has 0 N–H and O–H groups in total. The van der Waals surface area contributed by atoms with E-state index in [1.54, 1.807) is 0 Å². The molecule has 1 aliphatic heterocycles. The van der Waals surface area contributed by atoms with Crippen molar-refractivity contribution in [2.24, 2.45) is 0 Å². The molecule has 252 valence electrons. The lowest BCUT2D eigenvalue weighted by atomic mass is 10.0. The topological polar surface area (TPSA) is 12.5 Å². The Hall–Kier alpha value is -0.0400. The van der Waals surface area contributed by atoms with Crippen LogP contribution in [0.2, 0.25) is 0 Å². The Morgan fingerprint density at radius 1 is 0.286 bits per heavy atom. The van der Waals surface area contributed by atoms with E-state index in [0.717, 1.165) is 6.61 Å². The van der Waals surface area contributed by atoms with E-state index in [2.05, 4.69) is 6.92 Å². The number of rotatable bonds is 38. The van der Waals surface area contributed by atoms with E-state index < -0.39 is 0 Å². The zero-order valence-electron chi connectivity index (χ0n) is 29.6. The lowest BCUT2D eigenvalue weighted by Crippen LogP contribution is -1.86. The zero-order valence-corrected chi connectivity index (χ0v) is 29.6. The predicted octanol–water partition coefficient (Wildman–Crippen LogP) is 15.2. The fourth-order valence-electron chi connectivity index (χ4n) is 6.87. The molecule has 1 fully saturated rings. The van der Waals surface area contributed by atoms with Crippen molar-refractivity contribution >= 4 is 0 Å². The third-order valence-corrected chi connectivity index (χ3v) is 10.0. The lowest BCUT2D eigenvalue weighted by Gasteiger charge is -2.05. The molecule has 1 saturated heterocycles. The maximum absolute atomic E-state index is 5.28. The summed E-state index contributed by atoms with van der Waals surface area (Å²) in [5, 5.41) is 0. The molecule has 0 radical (unpaired) electrons. The van der Waals surface area contributed by atoms with Gasteiger partial charge in [-0.1, -0.05) is 244 Å². The second-order valence-corrected chi connectivity index (χ2v) is 14.5. The SMILES string of the molecule is CCCCCCCCCCCCCCCCCCCCCCCCCCCCCCCCCCCCCCCC1CO1. The van der Waals surface area contributed by atoms with Crippen LogP contribution in [0.1, 0.15) is 251 Å². The average molecular weight is 591 g/mol. The van der Waals surface area contributed by atoms with Crippen LogP contribution in [0.15, 0.2) is 0 Å². The van der Waals surface area contributed by atoms with Gasteiger partial charge in [-0.15, -0.1) is 0 Å². The molecule has 0 amide bonds. The summed E-state index contributed by atoms with van der Waals surface area (Å²) in [7, 11) is 0. The van der Waals surface area contributed by atoms with Crippen molar-refractivity contribution in [1.82, 2.24) is 0 Å². The second kappa shape index (κ2) is 35.4. The molecule has 0 aromatic carbocycles. The summed E-state index contributed by atoms with van der Waals surface area (Å²) in [6.07, 6.45) is 56.7. The van der Waals surface area contributed by atoms with Crippen LogP contribution in [0.3, 0.4) is 0 Å². The largest absolute Gasteiger partial charge is 0.373 e. The second-order valence-electron chi connectivity index (χ2n) is 14.5. The van der Waals surface area contributed by atoms with Gasteiger partial charge >= 0.3 is 0 Å². The van der Waals surface area contributed by atoms with Crippen molar-refractivity contribution in [1.29, 1.82) is 0 Å². The van der Waals surface area contributed by atoms with Crippen molar-refractivity contribution in [2.75, 3.05) is 6.61 Å². The van der Waals surface area contributed by atoms with Crippen LogP contribution in [0.4, 0.5) is 0 Å². The molecule has 1 heteroatoms. The van der Waals surface area contributed by atoms with Crippen LogP contribution in [0, 0.1) is 0 Å². The molecule has 0 saturated carbocycles. The highest BCUT2D eigenvalue weighted by atomic mass is 16.6. The number of epoxide rings is 1. The van der Waals surface area contributed by atoms with Gasteiger partial charge in [0.15, 0.2) is 0 Å². The van der Waals surface area contributed by atoms with E-state index in [1.165, 1.54) is 244 Å². The quantitative estimate of drug-likeness (QED) is 0.0514. The van der Waals surface area contributed by atoms with Crippen molar-refractivity contribution < 1.29 is 4.74 Å². The Morgan fingerprint density at radius 2 is 0.452 bits per heavy atom. The van der Waals surface area contributed by atoms with Gasteiger partial charge in [0.05, 0.1) is 12.7 Å². The Balaban J connectivity index is 1.58. The smallest absolute Gasteiger partial charge is 0.0810 e. The van der Waals surface area contributed by atoms with E-state index >= 15 is 0 Å². The number of hydrogen-bond donors (Lipinski definition) is 0. The zero-order chi connectivity index (χ0) is 29.9. The summed E-state index contributed by atoms with van der Waals surface area (Å²) in [4.78, 5) is 0. The van der Waals surface area contributed by atoms with E-state index in [4.69, 9.17) is 4.74 Å². The molecule has 0 bridgehead atoms. The number of hydrogen-bond acceptors (Lipinski definition) is 1. The molecule has 0 aliphatic carbocycles. The summed E-state index contributed by atoms with van der Waals surface area (Å²) in [6.45, 7) is 3.35. The van der Waals surface area contributed by atoms with E-state index in [0.29, 0.717) is 6.10 Å². The minimum absolute atomic E-state index is 0.646. The van der Waals surface area contributed by atoms with Gasteiger partial charge in [0.2, 0.25) is 0 Å². The van der Waals surface area contributed by atoms with Gasteiger partial charge in [0.25, 0.3) is 0 Å². The van der Waals surface area contributed by atoms with Crippen molar-refractivity contribution in [2.45, 2.75) is 257 Å². The molecule has 1 atom stereocenters. The van der Waals surface area contributed by atoms with Gasteiger partial charge in [0, 0.05) is 0 Å². The number of ether oxygens (including phenoxy) is 1. The third-order valence-electron chi connectivity index (χ3n) is 10.0. The molecule has 1 aliphatic rings. The first kappa shape index (κ1) is 40.0. The van der Waals surface area contributed by atoms with Crippen molar-refractivity contribution in [3.63, 3.8) is 0 Å². The predicted molar refractivity (Wildman–Crippen MR) is 191 cm³/mol. The first-order chi connectivity index (χ1) is 20.9. The van der Waals surface area contributed by atoms with Crippen LogP contribution in [0.25, 0.3) is 0 Å². The summed E-state index contributed by atoms with van der Waals surface area (Å²) in [5.41, 5.74) is 0. The average Bonchev–Trinajstić information content (AvgIpc) is 3.83. The van der Waals surface area contributed by atoms with Gasteiger partial charge in [0.1, 0.15) is 0 Å². The molecule has 42 heavy (non-hydrogen) atoms. The fourth-order valence-corrected chi connectivity index (χ4v) is 6.87. The normalized spacial score (nSPS) is 14.6. The Labute approximate surface area is 267 Å². The Morgan fingerprint density at radius 3 is 0.619 bits per heavy atom. The fraction of sp³-hybridized carbons (Fsp3) is 1.00. The van der Waals surface area contributed by atoms with Gasteiger partial charge in [-0.3, -0.25) is 0 Å². The monoisotopic (exact) mass is 591 g/mol. The first-order valence-corrected chi connectivity index (χ1v) is 20.5. The molecular formula is C41H82O. The molecule has 0 aromatic heterocycles. The van der Waals surface area contributed by atoms with Crippen LogP contribution < -0.4 is 0 Å². The Bertz CT molecular complexity index is 469. The van der Waals surface area contributed by atoms with Crippen molar-refractivity contribution in [3.05, 3.63) is 0 Å². The maximum atomic E-state index is 5.28. The lowest BCUT2D eigenvalue weighted by molar-refractivity contribution is 0.387. The maximum Gasteiger partial charge on any atom is 0.0810 e. The van der Waals surface area contributed by atoms with Crippen molar-refractivity contribution in [3.8, 4) is 0 Å². The van der Waals surface area contributed by atoms with E-state index in [1.807, 2.05) is 0 Å². The first-order valence-electron chi connectivity index (χ1n) is 20.5. The van der Waals surface area contributed by atoms with Gasteiger partial charge < -0.3 is 4.74 Å². The highest BCUT2D eigenvalue weighted by Crippen LogP contribution is 2.19. The number of unbranched alkanes of at least 4 members (excludes halogenated alkanes) is 36. The minimum atomic E-state index is 0.646. The minimum Gasteiger partial charge on any atom is -0.373 e. The van der Waals surface area contributed by atoms with E-state index in [9.17, 15) is 0 Å². The van der Waals surface area contributed by atoms with Gasteiger partial charge in [-0.05, 0) is 6.42 Å².